The van der Waals surface area contributed by atoms with Gasteiger partial charge in [0.1, 0.15) is 22.9 Å². The molecule has 2 aromatic rings. The van der Waals surface area contributed by atoms with E-state index in [2.05, 4.69) is 10.2 Å². The molecular formula is C16H18N2O2. The third-order valence-corrected chi connectivity index (χ3v) is 2.60. The lowest BCUT2D eigenvalue weighted by Gasteiger charge is -2.06. The molecule has 0 atom stereocenters. The molecule has 20 heavy (non-hydrogen) atoms. The molecule has 0 aliphatic heterocycles. The Kier molecular flexibility index (Phi) is 5.12. The summed E-state index contributed by atoms with van der Waals surface area (Å²) in [7, 11) is 0. The first-order valence-corrected chi connectivity index (χ1v) is 6.70. The van der Waals surface area contributed by atoms with E-state index in [-0.39, 0.29) is 0 Å². The Morgan fingerprint density at radius 1 is 0.700 bits per heavy atom. The van der Waals surface area contributed by atoms with Crippen molar-refractivity contribution in [3.63, 3.8) is 0 Å². The average Bonchev–Trinajstić information content (AvgIpc) is 2.48. The maximum absolute atomic E-state index is 5.52. The van der Waals surface area contributed by atoms with Gasteiger partial charge in [0.05, 0.1) is 13.2 Å². The molecule has 0 heterocycles. The Bertz CT molecular complexity index is 531. The van der Waals surface area contributed by atoms with Gasteiger partial charge < -0.3 is 9.47 Å². The van der Waals surface area contributed by atoms with Crippen molar-refractivity contribution in [3.05, 3.63) is 48.5 Å². The number of azo groups is 1. The summed E-state index contributed by atoms with van der Waals surface area (Å²) in [6, 6.07) is 15.2. The zero-order valence-corrected chi connectivity index (χ0v) is 11.7. The first kappa shape index (κ1) is 14.1. The molecule has 104 valence electrons. The maximum Gasteiger partial charge on any atom is 0.146 e. The molecule has 0 amide bonds. The minimum Gasteiger partial charge on any atom is -0.492 e. The second-order valence-electron chi connectivity index (χ2n) is 4.00. The van der Waals surface area contributed by atoms with Gasteiger partial charge in [-0.3, -0.25) is 0 Å². The number of rotatable bonds is 6. The van der Waals surface area contributed by atoms with Gasteiger partial charge in [0.15, 0.2) is 0 Å². The largest absolute Gasteiger partial charge is 0.492 e. The van der Waals surface area contributed by atoms with Crippen molar-refractivity contribution in [2.75, 3.05) is 13.2 Å². The lowest BCUT2D eigenvalue weighted by Crippen LogP contribution is -1.91. The van der Waals surface area contributed by atoms with Gasteiger partial charge in [-0.1, -0.05) is 24.3 Å². The van der Waals surface area contributed by atoms with Gasteiger partial charge in [-0.05, 0) is 38.1 Å². The molecule has 0 aliphatic carbocycles. The summed E-state index contributed by atoms with van der Waals surface area (Å²) in [5.41, 5.74) is 1.42. The Labute approximate surface area is 119 Å². The van der Waals surface area contributed by atoms with Gasteiger partial charge in [-0.15, -0.1) is 10.2 Å². The third-order valence-electron chi connectivity index (χ3n) is 2.60. The highest BCUT2D eigenvalue weighted by atomic mass is 16.5. The van der Waals surface area contributed by atoms with Crippen LogP contribution in [0.4, 0.5) is 11.4 Å². The van der Waals surface area contributed by atoms with E-state index in [1.54, 1.807) is 0 Å². The minimum absolute atomic E-state index is 0.599. The molecule has 0 bridgehead atoms. The molecule has 0 saturated carbocycles. The zero-order chi connectivity index (χ0) is 14.2. The highest BCUT2D eigenvalue weighted by Crippen LogP contribution is 2.32. The number of benzene rings is 2. The van der Waals surface area contributed by atoms with Crippen LogP contribution in [0, 0.1) is 0 Å². The van der Waals surface area contributed by atoms with E-state index in [1.807, 2.05) is 62.4 Å². The fourth-order valence-electron chi connectivity index (χ4n) is 1.74. The topological polar surface area (TPSA) is 43.2 Å². The van der Waals surface area contributed by atoms with Crippen molar-refractivity contribution in [1.82, 2.24) is 0 Å². The fourth-order valence-corrected chi connectivity index (χ4v) is 1.74. The monoisotopic (exact) mass is 270 g/mol. The number of hydrogen-bond acceptors (Lipinski definition) is 4. The molecular weight excluding hydrogens is 252 g/mol. The number of ether oxygens (including phenoxy) is 2. The van der Waals surface area contributed by atoms with Crippen LogP contribution >= 0.6 is 0 Å². The van der Waals surface area contributed by atoms with E-state index in [9.17, 15) is 0 Å². The van der Waals surface area contributed by atoms with Crippen LogP contribution < -0.4 is 9.47 Å². The van der Waals surface area contributed by atoms with Gasteiger partial charge in [0.2, 0.25) is 0 Å². The van der Waals surface area contributed by atoms with Crippen molar-refractivity contribution in [2.24, 2.45) is 10.2 Å². The lowest BCUT2D eigenvalue weighted by molar-refractivity contribution is 0.340. The molecule has 0 radical (unpaired) electrons. The van der Waals surface area contributed by atoms with Gasteiger partial charge in [-0.2, -0.15) is 0 Å². The van der Waals surface area contributed by atoms with E-state index >= 15 is 0 Å². The minimum atomic E-state index is 0.599. The van der Waals surface area contributed by atoms with Gasteiger partial charge in [0, 0.05) is 0 Å². The predicted octanol–water partition coefficient (Wildman–Crippen LogP) is 4.90. The molecule has 2 aromatic carbocycles. The standard InChI is InChI=1S/C16H18N2O2/c1-3-19-15-11-7-5-9-13(15)17-18-14-10-6-8-12-16(14)20-4-2/h5-12H,3-4H2,1-2H3. The first-order chi connectivity index (χ1) is 9.85. The average molecular weight is 270 g/mol. The van der Waals surface area contributed by atoms with Crippen LogP contribution in [0.1, 0.15) is 13.8 Å². The number of nitrogens with zero attached hydrogens (tertiary/aromatic N) is 2. The normalized spacial score (nSPS) is 10.7. The quantitative estimate of drug-likeness (QED) is 0.701. The number of para-hydroxylation sites is 2. The highest BCUT2D eigenvalue weighted by molar-refractivity contribution is 5.54. The summed E-state index contributed by atoms with van der Waals surface area (Å²) in [4.78, 5) is 0. The van der Waals surface area contributed by atoms with Crippen molar-refractivity contribution < 1.29 is 9.47 Å². The summed E-state index contributed by atoms with van der Waals surface area (Å²) in [6.07, 6.45) is 0. The molecule has 0 aliphatic rings. The van der Waals surface area contributed by atoms with E-state index in [1.165, 1.54) is 0 Å². The second kappa shape index (κ2) is 7.28. The zero-order valence-electron chi connectivity index (χ0n) is 11.7. The molecule has 0 fully saturated rings. The summed E-state index contributed by atoms with van der Waals surface area (Å²) < 4.78 is 11.0. The molecule has 2 rings (SSSR count). The molecule has 0 saturated heterocycles. The fraction of sp³-hybridized carbons (Fsp3) is 0.250. The van der Waals surface area contributed by atoms with E-state index in [0.29, 0.717) is 24.6 Å². The van der Waals surface area contributed by atoms with Crippen molar-refractivity contribution in [1.29, 1.82) is 0 Å². The molecule has 4 nitrogen and oxygen atoms in total. The molecule has 4 heteroatoms. The van der Waals surface area contributed by atoms with Gasteiger partial charge in [0.25, 0.3) is 0 Å². The second-order valence-corrected chi connectivity index (χ2v) is 4.00. The van der Waals surface area contributed by atoms with Crippen LogP contribution in [0.3, 0.4) is 0 Å². The first-order valence-electron chi connectivity index (χ1n) is 6.70. The Morgan fingerprint density at radius 3 is 1.50 bits per heavy atom. The Morgan fingerprint density at radius 2 is 1.10 bits per heavy atom. The van der Waals surface area contributed by atoms with E-state index in [0.717, 1.165) is 11.5 Å². The molecule has 0 spiro atoms. The van der Waals surface area contributed by atoms with E-state index < -0.39 is 0 Å². The molecule has 0 aromatic heterocycles. The molecule has 0 N–H and O–H groups in total. The summed E-state index contributed by atoms with van der Waals surface area (Å²) >= 11 is 0. The summed E-state index contributed by atoms with van der Waals surface area (Å²) in [5.74, 6) is 1.46. The SMILES string of the molecule is CCOc1ccccc1N=Nc1ccccc1OCC. The molecule has 0 unspecified atom stereocenters. The highest BCUT2D eigenvalue weighted by Gasteiger charge is 2.03. The van der Waals surface area contributed by atoms with Gasteiger partial charge in [-0.25, -0.2) is 0 Å². The van der Waals surface area contributed by atoms with Crippen LogP contribution in [0.2, 0.25) is 0 Å². The smallest absolute Gasteiger partial charge is 0.146 e. The van der Waals surface area contributed by atoms with Crippen LogP contribution in [0.15, 0.2) is 58.8 Å². The maximum atomic E-state index is 5.52. The van der Waals surface area contributed by atoms with Crippen molar-refractivity contribution in [2.45, 2.75) is 13.8 Å². The predicted molar refractivity (Wildman–Crippen MR) is 79.4 cm³/mol. The van der Waals surface area contributed by atoms with Gasteiger partial charge >= 0.3 is 0 Å². The van der Waals surface area contributed by atoms with Crippen LogP contribution in [0.25, 0.3) is 0 Å². The van der Waals surface area contributed by atoms with Crippen LogP contribution in [-0.4, -0.2) is 13.2 Å². The number of hydrogen-bond donors (Lipinski definition) is 0. The Hall–Kier alpha value is -2.36. The Balaban J connectivity index is 2.25. The summed E-state index contributed by atoms with van der Waals surface area (Å²) in [6.45, 7) is 5.08. The van der Waals surface area contributed by atoms with Crippen molar-refractivity contribution >= 4 is 11.4 Å². The van der Waals surface area contributed by atoms with E-state index in [4.69, 9.17) is 9.47 Å². The lowest BCUT2D eigenvalue weighted by atomic mass is 10.3. The summed E-state index contributed by atoms with van der Waals surface area (Å²) in [5, 5.41) is 8.52. The van der Waals surface area contributed by atoms with Crippen LogP contribution in [-0.2, 0) is 0 Å². The third kappa shape index (κ3) is 3.57. The van der Waals surface area contributed by atoms with Crippen LogP contribution in [0.5, 0.6) is 11.5 Å². The van der Waals surface area contributed by atoms with Crippen molar-refractivity contribution in [3.8, 4) is 11.5 Å².